The van der Waals surface area contributed by atoms with E-state index < -0.39 is 11.9 Å². The summed E-state index contributed by atoms with van der Waals surface area (Å²) in [6.07, 6.45) is 0. The molecule has 0 aliphatic rings. The molecule has 0 unspecified atom stereocenters. The van der Waals surface area contributed by atoms with E-state index in [0.29, 0.717) is 17.6 Å². The molecule has 0 aliphatic heterocycles. The molecule has 0 saturated heterocycles. The van der Waals surface area contributed by atoms with Crippen molar-refractivity contribution in [1.29, 1.82) is 0 Å². The minimum absolute atomic E-state index is 0.176. The second-order valence-electron chi connectivity index (χ2n) is 6.26. The fourth-order valence-corrected chi connectivity index (χ4v) is 1.70. The molecule has 3 N–H and O–H groups in total. The highest BCUT2D eigenvalue weighted by Gasteiger charge is 2.13. The van der Waals surface area contributed by atoms with Crippen LogP contribution < -0.4 is 0 Å². The van der Waals surface area contributed by atoms with Crippen molar-refractivity contribution in [3.8, 4) is 5.75 Å². The quantitative estimate of drug-likeness (QED) is 0.669. The van der Waals surface area contributed by atoms with Gasteiger partial charge in [0.2, 0.25) is 0 Å². The summed E-state index contributed by atoms with van der Waals surface area (Å²) in [6, 6.07) is 5.78. The van der Waals surface area contributed by atoms with E-state index in [1.807, 2.05) is 6.07 Å². The maximum Gasteiger partial charge on any atom is 0.330 e. The Bertz CT molecular complexity index is 565. The summed E-state index contributed by atoms with van der Waals surface area (Å²) in [7, 11) is 0. The molecule has 0 atom stereocenters. The van der Waals surface area contributed by atoms with Crippen LogP contribution in [0.2, 0.25) is 0 Å². The van der Waals surface area contributed by atoms with Gasteiger partial charge in [0.25, 0.3) is 0 Å². The van der Waals surface area contributed by atoms with Crippen LogP contribution in [0.4, 0.5) is 0 Å². The lowest BCUT2D eigenvalue weighted by molar-refractivity contribution is -0.133. The van der Waals surface area contributed by atoms with Gasteiger partial charge in [-0.15, -0.1) is 0 Å². The molecule has 0 bridgehead atoms. The first-order valence-electron chi connectivity index (χ1n) is 7.92. The largest absolute Gasteiger partial charge is 0.508 e. The summed E-state index contributed by atoms with van der Waals surface area (Å²) in [5, 5.41) is 25.5. The molecule has 1 aromatic carbocycles. The standard InChI is InChI=1S/C12H18O.2C4H6O2/c1-8(2)10-6-5-7-11(13)12(10)9(3)4;2*1-3(2)4(5)6/h5-9,13H,1-4H3;2*1H2,2H3,(H,5,6). The van der Waals surface area contributed by atoms with Crippen LogP contribution in [0.1, 0.15) is 64.5 Å². The van der Waals surface area contributed by atoms with Crippen molar-refractivity contribution in [2.75, 3.05) is 0 Å². The van der Waals surface area contributed by atoms with Gasteiger partial charge in [-0.05, 0) is 42.9 Å². The first kappa shape index (κ1) is 24.7. The first-order chi connectivity index (χ1) is 11.3. The van der Waals surface area contributed by atoms with Gasteiger partial charge >= 0.3 is 11.9 Å². The van der Waals surface area contributed by atoms with Gasteiger partial charge in [0.05, 0.1) is 0 Å². The molecule has 0 radical (unpaired) electrons. The lowest BCUT2D eigenvalue weighted by Gasteiger charge is -2.16. The Morgan fingerprint density at radius 3 is 1.44 bits per heavy atom. The van der Waals surface area contributed by atoms with Gasteiger partial charge < -0.3 is 15.3 Å². The number of phenols is 1. The Kier molecular flexibility index (Phi) is 11.7. The van der Waals surface area contributed by atoms with Crippen LogP contribution in [0.5, 0.6) is 5.75 Å². The number of hydrogen-bond donors (Lipinski definition) is 3. The highest BCUT2D eigenvalue weighted by molar-refractivity contribution is 5.85. The molecular formula is C20H30O5. The molecule has 5 heteroatoms. The maximum atomic E-state index is 9.71. The minimum atomic E-state index is -0.935. The highest BCUT2D eigenvalue weighted by Crippen LogP contribution is 2.32. The summed E-state index contributed by atoms with van der Waals surface area (Å²) in [4.78, 5) is 19.2. The predicted molar refractivity (Wildman–Crippen MR) is 101 cm³/mol. The monoisotopic (exact) mass is 350 g/mol. The Morgan fingerprint density at radius 1 is 0.880 bits per heavy atom. The lowest BCUT2D eigenvalue weighted by atomic mass is 9.90. The highest BCUT2D eigenvalue weighted by atomic mass is 16.4. The number of hydrogen-bond acceptors (Lipinski definition) is 3. The van der Waals surface area contributed by atoms with Gasteiger partial charge in [-0.3, -0.25) is 0 Å². The van der Waals surface area contributed by atoms with Crippen LogP contribution in [-0.4, -0.2) is 27.3 Å². The average Bonchev–Trinajstić information content (AvgIpc) is 2.47. The Hall–Kier alpha value is -2.56. The van der Waals surface area contributed by atoms with Crippen LogP contribution in [0.25, 0.3) is 0 Å². The molecule has 0 heterocycles. The van der Waals surface area contributed by atoms with E-state index in [2.05, 4.69) is 46.9 Å². The molecule has 0 fully saturated rings. The van der Waals surface area contributed by atoms with Crippen LogP contribution in [-0.2, 0) is 9.59 Å². The number of carboxylic acid groups (broad SMARTS) is 2. The van der Waals surface area contributed by atoms with Gasteiger partial charge in [0.1, 0.15) is 5.75 Å². The van der Waals surface area contributed by atoms with Crippen molar-refractivity contribution in [2.24, 2.45) is 0 Å². The molecule has 25 heavy (non-hydrogen) atoms. The molecule has 0 spiro atoms. The predicted octanol–water partition coefficient (Wildman–Crippen LogP) is 4.93. The van der Waals surface area contributed by atoms with E-state index >= 15 is 0 Å². The zero-order chi connectivity index (χ0) is 20.3. The molecule has 1 rings (SSSR count). The fraction of sp³-hybridized carbons (Fsp3) is 0.400. The van der Waals surface area contributed by atoms with Gasteiger partial charge in [0, 0.05) is 11.1 Å². The van der Waals surface area contributed by atoms with Crippen molar-refractivity contribution < 1.29 is 24.9 Å². The smallest absolute Gasteiger partial charge is 0.330 e. The van der Waals surface area contributed by atoms with Crippen LogP contribution in [0.3, 0.4) is 0 Å². The molecule has 5 nitrogen and oxygen atoms in total. The zero-order valence-corrected chi connectivity index (χ0v) is 16.0. The summed E-state index contributed by atoms with van der Waals surface area (Å²) >= 11 is 0. The molecule has 140 valence electrons. The molecule has 0 amide bonds. The third-order valence-corrected chi connectivity index (χ3v) is 3.05. The van der Waals surface area contributed by atoms with Crippen molar-refractivity contribution in [3.63, 3.8) is 0 Å². The topological polar surface area (TPSA) is 94.8 Å². The van der Waals surface area contributed by atoms with E-state index in [0.717, 1.165) is 5.56 Å². The number of phenolic OH excluding ortho intramolecular Hbond substituents is 1. The normalized spacial score (nSPS) is 9.44. The van der Waals surface area contributed by atoms with E-state index in [1.165, 1.54) is 19.4 Å². The van der Waals surface area contributed by atoms with Crippen molar-refractivity contribution in [2.45, 2.75) is 53.4 Å². The number of carboxylic acids is 2. The van der Waals surface area contributed by atoms with Gasteiger partial charge in [-0.1, -0.05) is 53.0 Å². The van der Waals surface area contributed by atoms with Crippen LogP contribution in [0.15, 0.2) is 42.5 Å². The molecular weight excluding hydrogens is 320 g/mol. The maximum absolute atomic E-state index is 9.71. The minimum Gasteiger partial charge on any atom is -0.508 e. The van der Waals surface area contributed by atoms with Crippen molar-refractivity contribution >= 4 is 11.9 Å². The first-order valence-corrected chi connectivity index (χ1v) is 7.92. The lowest BCUT2D eigenvalue weighted by Crippen LogP contribution is -1.98. The number of aromatic hydroxyl groups is 1. The summed E-state index contributed by atoms with van der Waals surface area (Å²) in [5.41, 5.74) is 2.71. The Labute approximate surface area is 150 Å². The SMILES string of the molecule is C=C(C)C(=O)O.C=C(C)C(=O)O.CC(C)c1cccc(O)c1C(C)C. The van der Waals surface area contributed by atoms with Gasteiger partial charge in [-0.25, -0.2) is 9.59 Å². The van der Waals surface area contributed by atoms with Gasteiger partial charge in [0.15, 0.2) is 0 Å². The average molecular weight is 350 g/mol. The second kappa shape index (κ2) is 11.9. The van der Waals surface area contributed by atoms with E-state index in [4.69, 9.17) is 10.2 Å². The number of rotatable bonds is 4. The number of benzene rings is 1. The molecule has 0 aromatic heterocycles. The van der Waals surface area contributed by atoms with Crippen molar-refractivity contribution in [3.05, 3.63) is 53.6 Å². The fourth-order valence-electron chi connectivity index (χ4n) is 1.70. The van der Waals surface area contributed by atoms with E-state index in [-0.39, 0.29) is 11.1 Å². The molecule has 0 saturated carbocycles. The third kappa shape index (κ3) is 10.8. The molecule has 0 aliphatic carbocycles. The summed E-state index contributed by atoms with van der Waals surface area (Å²) in [5.74, 6) is -0.575. The summed E-state index contributed by atoms with van der Waals surface area (Å²) < 4.78 is 0. The second-order valence-corrected chi connectivity index (χ2v) is 6.26. The van der Waals surface area contributed by atoms with Gasteiger partial charge in [-0.2, -0.15) is 0 Å². The summed E-state index contributed by atoms with van der Waals surface area (Å²) in [6.45, 7) is 17.7. The number of aliphatic carboxylic acids is 2. The Balaban J connectivity index is 0. The zero-order valence-electron chi connectivity index (χ0n) is 16.0. The molecule has 1 aromatic rings. The Morgan fingerprint density at radius 2 is 1.24 bits per heavy atom. The van der Waals surface area contributed by atoms with Crippen molar-refractivity contribution in [1.82, 2.24) is 0 Å². The van der Waals surface area contributed by atoms with E-state index in [9.17, 15) is 14.7 Å². The van der Waals surface area contributed by atoms with Crippen LogP contribution >= 0.6 is 0 Å². The van der Waals surface area contributed by atoms with Crippen LogP contribution in [0, 0.1) is 0 Å². The van der Waals surface area contributed by atoms with E-state index in [1.54, 1.807) is 6.07 Å². The number of carbonyl (C=O) groups is 2. The third-order valence-electron chi connectivity index (χ3n) is 3.05.